The minimum absolute atomic E-state index is 0.355. The van der Waals surface area contributed by atoms with Crippen molar-refractivity contribution in [3.63, 3.8) is 0 Å². The highest BCUT2D eigenvalue weighted by Crippen LogP contribution is 1.89. The van der Waals surface area contributed by atoms with E-state index >= 15 is 0 Å². The average molecular weight is 228 g/mol. The van der Waals surface area contributed by atoms with Gasteiger partial charge in [-0.15, -0.1) is 0 Å². The van der Waals surface area contributed by atoms with Crippen LogP contribution < -0.4 is 0 Å². The fourth-order valence-corrected chi connectivity index (χ4v) is 1.28. The molecule has 3 N–H and O–H groups in total. The number of hydrogen-bond donors (Lipinski definition) is 3. The lowest BCUT2D eigenvalue weighted by Crippen LogP contribution is -2.16. The van der Waals surface area contributed by atoms with Gasteiger partial charge in [-0.2, -0.15) is 8.42 Å². The molecule has 0 saturated heterocycles. The van der Waals surface area contributed by atoms with Crippen molar-refractivity contribution in [3.8, 4) is 0 Å². The first-order chi connectivity index (χ1) is 6.33. The smallest absolute Gasteiger partial charge is 0.267 e. The van der Waals surface area contributed by atoms with Crippen molar-refractivity contribution in [2.75, 3.05) is 12.4 Å². The third kappa shape index (κ3) is 22.6. The van der Waals surface area contributed by atoms with Gasteiger partial charge in [0.15, 0.2) is 0 Å². The summed E-state index contributed by atoms with van der Waals surface area (Å²) in [4.78, 5) is 0. The van der Waals surface area contributed by atoms with Crippen molar-refractivity contribution in [3.05, 3.63) is 0 Å². The van der Waals surface area contributed by atoms with Gasteiger partial charge in [-0.25, -0.2) is 0 Å². The van der Waals surface area contributed by atoms with E-state index in [2.05, 4.69) is 6.92 Å². The number of aliphatic hydroxyl groups is 2. The van der Waals surface area contributed by atoms with Gasteiger partial charge in [0, 0.05) is 6.61 Å². The van der Waals surface area contributed by atoms with E-state index in [4.69, 9.17) is 14.8 Å². The molecule has 0 aromatic carbocycles. The number of rotatable bonds is 5. The third-order valence-electron chi connectivity index (χ3n) is 1.21. The van der Waals surface area contributed by atoms with Gasteiger partial charge in [-0.1, -0.05) is 19.8 Å². The summed E-state index contributed by atoms with van der Waals surface area (Å²) >= 11 is 0. The van der Waals surface area contributed by atoms with Crippen LogP contribution in [-0.4, -0.2) is 41.6 Å². The van der Waals surface area contributed by atoms with Crippen LogP contribution in [0.15, 0.2) is 0 Å². The molecule has 0 radical (unpaired) electrons. The number of aliphatic hydroxyl groups excluding tert-OH is 2. The fraction of sp³-hybridized carbons (Fsp3) is 1.00. The molecule has 0 aromatic rings. The molecule has 0 spiro atoms. The van der Waals surface area contributed by atoms with E-state index in [0.717, 1.165) is 12.8 Å². The Hall–Kier alpha value is -0.170. The summed E-state index contributed by atoms with van der Waals surface area (Å²) in [6.07, 6.45) is 2.33. The summed E-state index contributed by atoms with van der Waals surface area (Å²) in [5.41, 5.74) is 0. The first-order valence-corrected chi connectivity index (χ1v) is 6.18. The highest BCUT2D eigenvalue weighted by Gasteiger charge is 2.07. The molecular weight excluding hydrogens is 208 g/mol. The maximum atomic E-state index is 9.84. The molecule has 0 amide bonds. The Morgan fingerprint density at radius 1 is 1.29 bits per heavy atom. The van der Waals surface area contributed by atoms with Crippen molar-refractivity contribution in [2.45, 2.75) is 39.2 Å². The second-order valence-electron chi connectivity index (χ2n) is 3.03. The van der Waals surface area contributed by atoms with E-state index in [1.165, 1.54) is 13.3 Å². The molecule has 0 aliphatic rings. The Balaban J connectivity index is 0. The Bertz CT molecular complexity index is 194. The zero-order valence-electron chi connectivity index (χ0n) is 8.68. The second kappa shape index (κ2) is 9.39. The molecule has 5 nitrogen and oxygen atoms in total. The molecular formula is C8H20O5S. The van der Waals surface area contributed by atoms with E-state index in [9.17, 15) is 8.42 Å². The predicted octanol–water partition coefficient (Wildman–Crippen LogP) is 0.424. The summed E-state index contributed by atoms with van der Waals surface area (Å²) in [5.74, 6) is -0.590. The van der Waals surface area contributed by atoms with Gasteiger partial charge in [0.05, 0.1) is 6.10 Å². The van der Waals surface area contributed by atoms with Crippen molar-refractivity contribution < 1.29 is 23.2 Å². The van der Waals surface area contributed by atoms with Crippen LogP contribution in [0.1, 0.15) is 33.1 Å². The molecule has 0 aliphatic heterocycles. The Labute approximate surface area is 85.5 Å². The fourth-order valence-electron chi connectivity index (χ4n) is 0.667. The van der Waals surface area contributed by atoms with Crippen molar-refractivity contribution in [1.29, 1.82) is 0 Å². The van der Waals surface area contributed by atoms with E-state index in [-0.39, 0.29) is 0 Å². The van der Waals surface area contributed by atoms with Gasteiger partial charge >= 0.3 is 0 Å². The molecule has 0 aromatic heterocycles. The highest BCUT2D eigenvalue weighted by atomic mass is 32.2. The number of hydrogen-bond acceptors (Lipinski definition) is 4. The average Bonchev–Trinajstić information content (AvgIpc) is 1.97. The molecule has 0 saturated carbocycles. The topological polar surface area (TPSA) is 94.8 Å². The lowest BCUT2D eigenvalue weighted by Gasteiger charge is -1.97. The standard InChI is InChI=1S/C5H12O.C3H8O4S/c1-2-3-4-5-6;1-3(4)2-8(5,6)7/h6H,2-5H2,1H3;3-4H,2H2,1H3,(H,5,6,7). The minimum atomic E-state index is -3.97. The van der Waals surface area contributed by atoms with Gasteiger partial charge in [0.1, 0.15) is 5.75 Å². The lowest BCUT2D eigenvalue weighted by atomic mass is 10.3. The van der Waals surface area contributed by atoms with Gasteiger partial charge < -0.3 is 10.2 Å². The molecule has 1 atom stereocenters. The first kappa shape index (κ1) is 16.3. The van der Waals surface area contributed by atoms with Crippen LogP contribution >= 0.6 is 0 Å². The molecule has 0 bridgehead atoms. The summed E-state index contributed by atoms with van der Waals surface area (Å²) in [6.45, 7) is 3.76. The van der Waals surface area contributed by atoms with Crippen LogP contribution in [0.3, 0.4) is 0 Å². The first-order valence-electron chi connectivity index (χ1n) is 4.57. The van der Waals surface area contributed by atoms with E-state index in [1.807, 2.05) is 0 Å². The summed E-state index contributed by atoms with van der Waals surface area (Å²) < 4.78 is 27.7. The SMILES string of the molecule is CC(O)CS(=O)(=O)O.CCCCCO. The van der Waals surface area contributed by atoms with Gasteiger partial charge in [0.25, 0.3) is 10.1 Å². The van der Waals surface area contributed by atoms with Crippen LogP contribution in [0, 0.1) is 0 Å². The van der Waals surface area contributed by atoms with Crippen LogP contribution in [-0.2, 0) is 10.1 Å². The molecule has 0 aliphatic carbocycles. The largest absolute Gasteiger partial charge is 0.396 e. The zero-order chi connectivity index (χ0) is 11.6. The Morgan fingerprint density at radius 3 is 1.86 bits per heavy atom. The monoisotopic (exact) mass is 228 g/mol. The highest BCUT2D eigenvalue weighted by molar-refractivity contribution is 7.85. The maximum absolute atomic E-state index is 9.84. The van der Waals surface area contributed by atoms with Crippen molar-refractivity contribution in [1.82, 2.24) is 0 Å². The van der Waals surface area contributed by atoms with E-state index in [0.29, 0.717) is 6.61 Å². The summed E-state index contributed by atoms with van der Waals surface area (Å²) in [7, 11) is -3.97. The summed E-state index contributed by atoms with van der Waals surface area (Å²) in [5, 5.41) is 16.5. The summed E-state index contributed by atoms with van der Waals surface area (Å²) in [6, 6.07) is 0. The zero-order valence-corrected chi connectivity index (χ0v) is 9.50. The van der Waals surface area contributed by atoms with E-state index in [1.54, 1.807) is 0 Å². The Morgan fingerprint density at radius 2 is 1.79 bits per heavy atom. The van der Waals surface area contributed by atoms with Crippen LogP contribution in [0.2, 0.25) is 0 Å². The third-order valence-corrected chi connectivity index (χ3v) is 2.12. The second-order valence-corrected chi connectivity index (χ2v) is 4.53. The van der Waals surface area contributed by atoms with Gasteiger partial charge in [-0.3, -0.25) is 4.55 Å². The van der Waals surface area contributed by atoms with Crippen LogP contribution in [0.25, 0.3) is 0 Å². The van der Waals surface area contributed by atoms with Crippen LogP contribution in [0.5, 0.6) is 0 Å². The predicted molar refractivity (Wildman–Crippen MR) is 54.7 cm³/mol. The van der Waals surface area contributed by atoms with Crippen molar-refractivity contribution >= 4 is 10.1 Å². The Kier molecular flexibility index (Phi) is 10.9. The molecule has 0 rings (SSSR count). The minimum Gasteiger partial charge on any atom is -0.396 e. The molecule has 0 fully saturated rings. The lowest BCUT2D eigenvalue weighted by molar-refractivity contribution is 0.215. The quantitative estimate of drug-likeness (QED) is 0.468. The normalized spacial score (nSPS) is 12.9. The molecule has 14 heavy (non-hydrogen) atoms. The molecule has 0 heterocycles. The van der Waals surface area contributed by atoms with E-state index < -0.39 is 22.0 Å². The molecule has 6 heteroatoms. The maximum Gasteiger partial charge on any atom is 0.267 e. The molecule has 1 unspecified atom stereocenters. The number of unbranched alkanes of at least 4 members (excludes halogenated alkanes) is 2. The van der Waals surface area contributed by atoms with Gasteiger partial charge in [0.2, 0.25) is 0 Å². The molecule has 88 valence electrons. The van der Waals surface area contributed by atoms with Crippen molar-refractivity contribution in [2.24, 2.45) is 0 Å². The van der Waals surface area contributed by atoms with Crippen LogP contribution in [0.4, 0.5) is 0 Å². The van der Waals surface area contributed by atoms with Gasteiger partial charge in [-0.05, 0) is 13.3 Å².